The summed E-state index contributed by atoms with van der Waals surface area (Å²) < 4.78 is 0. The molecular formula is C48H38N6. The summed E-state index contributed by atoms with van der Waals surface area (Å²) in [4.78, 5) is 20.7. The lowest BCUT2D eigenvalue weighted by Gasteiger charge is -2.27. The van der Waals surface area contributed by atoms with Gasteiger partial charge >= 0.3 is 0 Å². The number of fused-ring (bicyclic) bond motifs is 6. The monoisotopic (exact) mass is 698 g/mol. The molecule has 0 bridgehead atoms. The minimum absolute atomic E-state index is 0.222. The van der Waals surface area contributed by atoms with E-state index in [-0.39, 0.29) is 12.1 Å². The number of nitrogens with zero attached hydrogens (tertiary/aromatic N) is 4. The number of hydrogen-bond donors (Lipinski definition) is 2. The van der Waals surface area contributed by atoms with Crippen LogP contribution in [0.5, 0.6) is 0 Å². The molecular weight excluding hydrogens is 661 g/mol. The van der Waals surface area contributed by atoms with Gasteiger partial charge < -0.3 is 10.6 Å². The van der Waals surface area contributed by atoms with Gasteiger partial charge in [0.1, 0.15) is 6.17 Å². The van der Waals surface area contributed by atoms with Crippen LogP contribution in [0.25, 0.3) is 65.9 Å². The van der Waals surface area contributed by atoms with E-state index >= 15 is 0 Å². The summed E-state index contributed by atoms with van der Waals surface area (Å²) in [6.45, 7) is 5.31. The zero-order valence-electron chi connectivity index (χ0n) is 30.2. The van der Waals surface area contributed by atoms with E-state index in [0.717, 1.165) is 85.2 Å². The van der Waals surface area contributed by atoms with Crippen LogP contribution >= 0.6 is 0 Å². The van der Waals surface area contributed by atoms with Crippen molar-refractivity contribution in [1.82, 2.24) is 25.6 Å². The summed E-state index contributed by atoms with van der Waals surface area (Å²) in [5.74, 6) is 0.222. The smallest absolute Gasteiger partial charge is 0.145 e. The first kappa shape index (κ1) is 32.0. The highest BCUT2D eigenvalue weighted by Gasteiger charge is 2.26. The van der Waals surface area contributed by atoms with Gasteiger partial charge in [0.15, 0.2) is 0 Å². The third kappa shape index (κ3) is 5.33. The number of benzene rings is 4. The molecule has 3 aliphatic rings. The SMILES string of the molecule is Cc1c2c(-c3cccnc3)nc3cc(C4N=C(C5C=CC=CC5)C=C(c5ccccc5)N4)ccc3c2c(C)c2c(C3=CNCC=C3)nc3ccccc3c12. The molecule has 54 heavy (non-hydrogen) atoms. The van der Waals surface area contributed by atoms with Gasteiger partial charge in [-0.2, -0.15) is 0 Å². The second kappa shape index (κ2) is 13.1. The molecule has 7 aromatic rings. The Hall–Kier alpha value is -6.66. The van der Waals surface area contributed by atoms with E-state index in [1.54, 1.807) is 0 Å². The van der Waals surface area contributed by atoms with Gasteiger partial charge in [-0.05, 0) is 83.6 Å². The zero-order valence-corrected chi connectivity index (χ0v) is 30.2. The van der Waals surface area contributed by atoms with Crippen LogP contribution in [0.4, 0.5) is 0 Å². The number of dihydropyridines is 1. The second-order valence-corrected chi connectivity index (χ2v) is 14.3. The standard InChI is InChI=1S/C48H38N6/c1-29-42-36-19-9-10-20-38(36)51-46(34-17-11-23-49-27-34)44(42)30(2)43-37-22-21-33(25-41(37)52-47(45(29)43)35-18-12-24-50-28-35)48-53-39(31-13-5-3-6-14-31)26-40(54-48)32-15-7-4-8-16-32/h3-15,17-22,24-28,32,48-49,53H,16,23H2,1-2H3. The predicted octanol–water partition coefficient (Wildman–Crippen LogP) is 10.5. The third-order valence-corrected chi connectivity index (χ3v) is 11.0. The summed E-state index contributed by atoms with van der Waals surface area (Å²) in [6, 6.07) is 29.8. The van der Waals surface area contributed by atoms with Gasteiger partial charge in [0, 0.05) is 75.1 Å². The Balaban J connectivity index is 1.24. The second-order valence-electron chi connectivity index (χ2n) is 14.3. The van der Waals surface area contributed by atoms with Crippen molar-refractivity contribution >= 4 is 60.3 Å². The van der Waals surface area contributed by atoms with Gasteiger partial charge in [-0.1, -0.05) is 97.1 Å². The maximum atomic E-state index is 5.52. The van der Waals surface area contributed by atoms with Crippen molar-refractivity contribution in [2.24, 2.45) is 10.9 Å². The number of para-hydroxylation sites is 1. The fraction of sp³-hybridized carbons (Fsp3) is 0.125. The molecule has 2 N–H and O–H groups in total. The Morgan fingerprint density at radius 3 is 2.26 bits per heavy atom. The van der Waals surface area contributed by atoms with Crippen LogP contribution in [-0.4, -0.2) is 27.2 Å². The summed E-state index contributed by atoms with van der Waals surface area (Å²) in [7, 11) is 0. The largest absolute Gasteiger partial charge is 0.387 e. The van der Waals surface area contributed by atoms with Crippen LogP contribution in [0.1, 0.15) is 40.5 Å². The molecule has 2 atom stereocenters. The first-order valence-electron chi connectivity index (χ1n) is 18.7. The molecule has 0 amide bonds. The van der Waals surface area contributed by atoms with Gasteiger partial charge in [-0.3, -0.25) is 9.98 Å². The van der Waals surface area contributed by atoms with E-state index in [1.807, 2.05) is 18.5 Å². The topological polar surface area (TPSA) is 75.1 Å². The van der Waals surface area contributed by atoms with Gasteiger partial charge in [-0.25, -0.2) is 9.97 Å². The van der Waals surface area contributed by atoms with Gasteiger partial charge in [0.25, 0.3) is 0 Å². The Morgan fingerprint density at radius 1 is 0.704 bits per heavy atom. The van der Waals surface area contributed by atoms with Crippen LogP contribution in [0.3, 0.4) is 0 Å². The van der Waals surface area contributed by atoms with Crippen molar-refractivity contribution in [2.45, 2.75) is 26.4 Å². The quantitative estimate of drug-likeness (QED) is 0.138. The van der Waals surface area contributed by atoms with Crippen molar-refractivity contribution < 1.29 is 0 Å². The molecule has 6 nitrogen and oxygen atoms in total. The average Bonchev–Trinajstić information content (AvgIpc) is 3.25. The van der Waals surface area contributed by atoms with Gasteiger partial charge in [-0.15, -0.1) is 0 Å². The van der Waals surface area contributed by atoms with Crippen LogP contribution in [-0.2, 0) is 0 Å². The molecule has 0 saturated heterocycles. The Morgan fingerprint density at radius 2 is 1.48 bits per heavy atom. The number of aromatic nitrogens is 3. The molecule has 2 aliphatic heterocycles. The number of nitrogens with one attached hydrogen (secondary N) is 2. The normalized spacial score (nSPS) is 18.1. The molecule has 260 valence electrons. The van der Waals surface area contributed by atoms with Gasteiger partial charge in [0.05, 0.1) is 22.4 Å². The minimum Gasteiger partial charge on any atom is -0.387 e. The maximum absolute atomic E-state index is 5.52. The number of rotatable bonds is 5. The van der Waals surface area contributed by atoms with Crippen molar-refractivity contribution in [3.63, 3.8) is 0 Å². The third-order valence-electron chi connectivity index (χ3n) is 11.0. The van der Waals surface area contributed by atoms with Crippen LogP contribution in [0, 0.1) is 19.8 Å². The fourth-order valence-corrected chi connectivity index (χ4v) is 8.46. The van der Waals surface area contributed by atoms with E-state index in [0.29, 0.717) is 0 Å². The molecule has 0 spiro atoms. The van der Waals surface area contributed by atoms with E-state index in [9.17, 15) is 0 Å². The number of pyridine rings is 3. The predicted molar refractivity (Wildman–Crippen MR) is 224 cm³/mol. The van der Waals surface area contributed by atoms with Crippen LogP contribution in [0.15, 0.2) is 151 Å². The summed E-state index contributed by atoms with van der Waals surface area (Å²) in [6.07, 6.45) is 21.8. The number of hydrogen-bond acceptors (Lipinski definition) is 6. The Kier molecular flexibility index (Phi) is 7.76. The Bertz CT molecular complexity index is 2840. The van der Waals surface area contributed by atoms with E-state index in [2.05, 4.69) is 157 Å². The van der Waals surface area contributed by atoms with Crippen molar-refractivity contribution in [2.75, 3.05) is 6.54 Å². The summed E-state index contributed by atoms with van der Waals surface area (Å²) in [5.41, 5.74) is 12.6. The highest BCUT2D eigenvalue weighted by molar-refractivity contribution is 6.25. The first-order chi connectivity index (χ1) is 26.6. The molecule has 2 unspecified atom stereocenters. The van der Waals surface area contributed by atoms with Crippen LogP contribution in [0.2, 0.25) is 0 Å². The van der Waals surface area contributed by atoms with Crippen molar-refractivity contribution in [1.29, 1.82) is 0 Å². The lowest BCUT2D eigenvalue weighted by Crippen LogP contribution is -2.27. The summed E-state index contributed by atoms with van der Waals surface area (Å²) >= 11 is 0. The van der Waals surface area contributed by atoms with E-state index in [1.165, 1.54) is 27.3 Å². The van der Waals surface area contributed by atoms with Crippen molar-refractivity contribution in [3.8, 4) is 11.3 Å². The fourth-order valence-electron chi connectivity index (χ4n) is 8.46. The lowest BCUT2D eigenvalue weighted by atomic mass is 9.85. The number of aliphatic imine (C=N–C) groups is 1. The molecule has 10 rings (SSSR count). The molecule has 4 aromatic carbocycles. The first-order valence-corrected chi connectivity index (χ1v) is 18.7. The molecule has 3 aromatic heterocycles. The molecule has 6 heteroatoms. The van der Waals surface area contributed by atoms with Crippen molar-refractivity contribution in [3.05, 3.63) is 174 Å². The molecule has 0 fully saturated rings. The highest BCUT2D eigenvalue weighted by atomic mass is 15.1. The number of allylic oxidation sites excluding steroid dienone is 7. The van der Waals surface area contributed by atoms with Gasteiger partial charge in [0.2, 0.25) is 0 Å². The van der Waals surface area contributed by atoms with E-state index in [4.69, 9.17) is 15.0 Å². The zero-order chi connectivity index (χ0) is 36.2. The van der Waals surface area contributed by atoms with E-state index < -0.39 is 0 Å². The molecule has 0 radical (unpaired) electrons. The molecule has 1 aliphatic carbocycles. The maximum Gasteiger partial charge on any atom is 0.145 e. The minimum atomic E-state index is -0.276. The lowest BCUT2D eigenvalue weighted by molar-refractivity contribution is 0.653. The highest BCUT2D eigenvalue weighted by Crippen LogP contribution is 2.45. The molecule has 0 saturated carbocycles. The summed E-state index contributed by atoms with van der Waals surface area (Å²) in [5, 5.41) is 14.2. The Labute approximate surface area is 314 Å². The van der Waals surface area contributed by atoms with Crippen LogP contribution < -0.4 is 10.6 Å². The number of aryl methyl sites for hydroxylation is 2. The average molecular weight is 699 g/mol. The molecule has 5 heterocycles.